The molecule has 1 amide bonds. The lowest BCUT2D eigenvalue weighted by atomic mass is 9.70. The van der Waals surface area contributed by atoms with Crippen LogP contribution < -0.4 is 10.3 Å². The van der Waals surface area contributed by atoms with Gasteiger partial charge in [-0.15, -0.1) is 0 Å². The number of para-hydroxylation sites is 1. The number of hydrogen-bond acceptors (Lipinski definition) is 4. The summed E-state index contributed by atoms with van der Waals surface area (Å²) < 4.78 is 0. The van der Waals surface area contributed by atoms with Crippen LogP contribution in [0.3, 0.4) is 0 Å². The highest BCUT2D eigenvalue weighted by Crippen LogP contribution is 2.42. The van der Waals surface area contributed by atoms with Crippen LogP contribution in [0, 0.1) is 5.92 Å². The first-order valence-electron chi connectivity index (χ1n) is 11.8. The summed E-state index contributed by atoms with van der Waals surface area (Å²) in [7, 11) is 0. The number of piperidine rings is 2. The van der Waals surface area contributed by atoms with E-state index in [1.165, 1.54) is 0 Å². The summed E-state index contributed by atoms with van der Waals surface area (Å²) in [5, 5.41) is 10.2. The van der Waals surface area contributed by atoms with E-state index in [1.54, 1.807) is 4.90 Å². The van der Waals surface area contributed by atoms with Crippen LogP contribution in [0.2, 0.25) is 0 Å². The van der Waals surface area contributed by atoms with Crippen LogP contribution >= 0.6 is 0 Å². The molecule has 34 heavy (non-hydrogen) atoms. The average Bonchev–Trinajstić information content (AvgIpc) is 2.89. The molecule has 6 heteroatoms. The highest BCUT2D eigenvalue weighted by Gasteiger charge is 2.53. The van der Waals surface area contributed by atoms with E-state index in [0.29, 0.717) is 12.2 Å². The summed E-state index contributed by atoms with van der Waals surface area (Å²) in [5.74, 6) is -1.22. The Morgan fingerprint density at radius 2 is 1.41 bits per heavy atom. The lowest BCUT2D eigenvalue weighted by molar-refractivity contribution is -0.167. The molecule has 3 aliphatic rings. The maximum Gasteiger partial charge on any atom is 0.326 e. The Hall–Kier alpha value is -3.64. The zero-order valence-corrected chi connectivity index (χ0v) is 18.8. The molecular weight excluding hydrogens is 428 g/mol. The van der Waals surface area contributed by atoms with E-state index in [-0.39, 0.29) is 23.9 Å². The van der Waals surface area contributed by atoms with Gasteiger partial charge in [-0.3, -0.25) is 4.79 Å². The van der Waals surface area contributed by atoms with Crippen LogP contribution in [-0.4, -0.2) is 40.0 Å². The SMILES string of the molecule is O=C(O)[C@H]1C2CCC(CC2NOc2ccccc2)N1C(=O)C(c1ccccc1)c1ccccc1. The van der Waals surface area contributed by atoms with Crippen molar-refractivity contribution >= 4 is 11.9 Å². The van der Waals surface area contributed by atoms with Crippen molar-refractivity contribution in [2.75, 3.05) is 0 Å². The number of fused-ring (bicyclic) bond motifs is 3. The van der Waals surface area contributed by atoms with Gasteiger partial charge in [0, 0.05) is 12.0 Å². The van der Waals surface area contributed by atoms with Crippen LogP contribution in [0.5, 0.6) is 5.75 Å². The van der Waals surface area contributed by atoms with Gasteiger partial charge in [-0.1, -0.05) is 78.9 Å². The number of nitrogens with zero attached hydrogens (tertiary/aromatic N) is 1. The molecule has 2 aliphatic heterocycles. The molecule has 6 nitrogen and oxygen atoms in total. The molecule has 174 valence electrons. The number of nitrogens with one attached hydrogen (secondary N) is 1. The number of carbonyl (C=O) groups excluding carboxylic acids is 1. The van der Waals surface area contributed by atoms with Crippen molar-refractivity contribution in [1.82, 2.24) is 10.4 Å². The third kappa shape index (κ3) is 4.29. The lowest BCUT2D eigenvalue weighted by Gasteiger charge is -2.53. The fourth-order valence-corrected chi connectivity index (χ4v) is 5.54. The molecule has 2 heterocycles. The van der Waals surface area contributed by atoms with Crippen molar-refractivity contribution in [3.05, 3.63) is 102 Å². The Morgan fingerprint density at radius 3 is 1.97 bits per heavy atom. The molecule has 2 bridgehead atoms. The Morgan fingerprint density at radius 1 is 0.853 bits per heavy atom. The minimum absolute atomic E-state index is 0.143. The van der Waals surface area contributed by atoms with Crippen LogP contribution in [0.15, 0.2) is 91.0 Å². The minimum Gasteiger partial charge on any atom is -0.480 e. The van der Waals surface area contributed by atoms with Crippen molar-refractivity contribution in [3.8, 4) is 5.75 Å². The second kappa shape index (κ2) is 9.69. The first kappa shape index (κ1) is 22.2. The summed E-state index contributed by atoms with van der Waals surface area (Å²) >= 11 is 0. The molecule has 6 rings (SSSR count). The van der Waals surface area contributed by atoms with Gasteiger partial charge in [-0.25, -0.2) is 4.79 Å². The fraction of sp³-hybridized carbons (Fsp3) is 0.286. The summed E-state index contributed by atoms with van der Waals surface area (Å²) in [6.07, 6.45) is 2.19. The highest BCUT2D eigenvalue weighted by atomic mass is 16.6. The number of carboxylic acid groups (broad SMARTS) is 1. The van der Waals surface area contributed by atoms with Gasteiger partial charge in [0.1, 0.15) is 11.8 Å². The van der Waals surface area contributed by atoms with Crippen LogP contribution in [-0.2, 0) is 9.59 Å². The van der Waals surface area contributed by atoms with Crippen LogP contribution in [0.25, 0.3) is 0 Å². The summed E-state index contributed by atoms with van der Waals surface area (Å²) in [6, 6.07) is 27.4. The number of benzene rings is 3. The quantitative estimate of drug-likeness (QED) is 0.520. The molecule has 3 aromatic rings. The van der Waals surface area contributed by atoms with Crippen LogP contribution in [0.4, 0.5) is 0 Å². The first-order chi connectivity index (χ1) is 16.6. The standard InChI is InChI=1S/C28H28N2O4/c31-27(25(19-10-4-1-5-11-19)20-12-6-2-7-13-20)30-21-16-17-23(26(30)28(32)33)24(18-21)29-34-22-14-8-3-9-15-22/h1-15,21,23-26,29H,16-18H2,(H,32,33)/t21?,23?,24?,26-/m1/s1. The molecule has 3 aromatic carbocycles. The van der Waals surface area contributed by atoms with E-state index < -0.39 is 17.9 Å². The van der Waals surface area contributed by atoms with E-state index in [2.05, 4.69) is 5.48 Å². The molecular formula is C28H28N2O4. The Labute approximate surface area is 199 Å². The van der Waals surface area contributed by atoms with Gasteiger partial charge in [0.15, 0.2) is 0 Å². The third-order valence-electron chi connectivity index (χ3n) is 7.07. The van der Waals surface area contributed by atoms with E-state index in [9.17, 15) is 14.7 Å². The van der Waals surface area contributed by atoms with Crippen molar-refractivity contribution in [3.63, 3.8) is 0 Å². The monoisotopic (exact) mass is 456 g/mol. The molecule has 0 spiro atoms. The second-order valence-electron chi connectivity index (χ2n) is 9.05. The molecule has 1 saturated carbocycles. The molecule has 4 atom stereocenters. The predicted molar refractivity (Wildman–Crippen MR) is 128 cm³/mol. The Kier molecular flexibility index (Phi) is 6.32. The average molecular weight is 457 g/mol. The maximum atomic E-state index is 14.1. The van der Waals surface area contributed by atoms with E-state index >= 15 is 0 Å². The highest BCUT2D eigenvalue weighted by molar-refractivity contribution is 5.91. The van der Waals surface area contributed by atoms with E-state index in [4.69, 9.17) is 4.84 Å². The molecule has 3 unspecified atom stereocenters. The largest absolute Gasteiger partial charge is 0.480 e. The van der Waals surface area contributed by atoms with Crippen molar-refractivity contribution in [2.45, 2.75) is 43.3 Å². The molecule has 2 N–H and O–H groups in total. The molecule has 1 aliphatic carbocycles. The first-order valence-corrected chi connectivity index (χ1v) is 11.8. The van der Waals surface area contributed by atoms with Gasteiger partial charge < -0.3 is 14.8 Å². The van der Waals surface area contributed by atoms with Gasteiger partial charge in [0.05, 0.1) is 12.0 Å². The number of hydroxylamine groups is 1. The summed E-state index contributed by atoms with van der Waals surface area (Å²) in [4.78, 5) is 34.0. The van der Waals surface area contributed by atoms with Gasteiger partial charge in [0.25, 0.3) is 0 Å². The van der Waals surface area contributed by atoms with Crippen molar-refractivity contribution < 1.29 is 19.5 Å². The zero-order valence-electron chi connectivity index (χ0n) is 18.8. The second-order valence-corrected chi connectivity index (χ2v) is 9.05. The molecule has 3 fully saturated rings. The van der Waals surface area contributed by atoms with Crippen molar-refractivity contribution in [2.24, 2.45) is 5.92 Å². The normalized spacial score (nSPS) is 23.6. The Balaban J connectivity index is 1.43. The number of carboxylic acids is 1. The van der Waals surface area contributed by atoms with Crippen molar-refractivity contribution in [1.29, 1.82) is 0 Å². The number of aliphatic carboxylic acids is 1. The van der Waals surface area contributed by atoms with Gasteiger partial charge in [0.2, 0.25) is 5.91 Å². The summed E-state index contributed by atoms with van der Waals surface area (Å²) in [5.41, 5.74) is 4.84. The maximum absolute atomic E-state index is 14.1. The van der Waals surface area contributed by atoms with Gasteiger partial charge >= 0.3 is 5.97 Å². The van der Waals surface area contributed by atoms with E-state index in [0.717, 1.165) is 24.0 Å². The predicted octanol–water partition coefficient (Wildman–Crippen LogP) is 4.23. The van der Waals surface area contributed by atoms with E-state index in [1.807, 2.05) is 91.0 Å². The number of hydrogen-bond donors (Lipinski definition) is 2. The number of carbonyl (C=O) groups is 2. The Bertz CT molecular complexity index is 1080. The molecule has 0 aromatic heterocycles. The lowest BCUT2D eigenvalue weighted by Crippen LogP contribution is -2.67. The number of amides is 1. The third-order valence-corrected chi connectivity index (χ3v) is 7.07. The van der Waals surface area contributed by atoms with Crippen LogP contribution in [0.1, 0.15) is 36.3 Å². The minimum atomic E-state index is -0.964. The zero-order chi connectivity index (χ0) is 23.5. The molecule has 0 radical (unpaired) electrons. The summed E-state index contributed by atoms with van der Waals surface area (Å²) in [6.45, 7) is 0. The molecule has 2 saturated heterocycles. The smallest absolute Gasteiger partial charge is 0.326 e. The topological polar surface area (TPSA) is 78.9 Å². The fourth-order valence-electron chi connectivity index (χ4n) is 5.54. The van der Waals surface area contributed by atoms with Gasteiger partial charge in [-0.05, 0) is 42.5 Å². The van der Waals surface area contributed by atoms with Gasteiger partial charge in [-0.2, -0.15) is 5.48 Å². The number of rotatable bonds is 7.